The number of hydrogen-bond acceptors (Lipinski definition) is 3. The van der Waals surface area contributed by atoms with Gasteiger partial charge in [-0.05, 0) is 16.0 Å². The third-order valence-corrected chi connectivity index (χ3v) is 1.46. The molecule has 2 aromatic rings. The van der Waals surface area contributed by atoms with Crippen molar-refractivity contribution in [3.63, 3.8) is 0 Å². The molecule has 4 heteroatoms. The van der Waals surface area contributed by atoms with E-state index in [1.54, 1.807) is 0 Å². The molecule has 4 nitrogen and oxygen atoms in total. The van der Waals surface area contributed by atoms with Crippen LogP contribution in [0.5, 0.6) is 0 Å². The van der Waals surface area contributed by atoms with Crippen LogP contribution in [0.2, 0.25) is 0 Å². The Morgan fingerprint density at radius 3 is 2.67 bits per heavy atom. The number of nitrogens with zero attached hydrogens (tertiary/aromatic N) is 3. The molecular formula is C8H7N4. The number of benzene rings is 1. The van der Waals surface area contributed by atoms with Crippen LogP contribution in [0.3, 0.4) is 0 Å². The molecular weight excluding hydrogens is 152 g/mol. The molecule has 0 fully saturated rings. The maximum atomic E-state index is 3.74. The Hall–Kier alpha value is -1.71. The van der Waals surface area contributed by atoms with Crippen molar-refractivity contribution < 1.29 is 0 Å². The van der Waals surface area contributed by atoms with Crippen LogP contribution in [-0.2, 0) is 0 Å². The van der Waals surface area contributed by atoms with Gasteiger partial charge in [0.25, 0.3) is 0 Å². The van der Waals surface area contributed by atoms with Gasteiger partial charge in [0.2, 0.25) is 0 Å². The van der Waals surface area contributed by atoms with E-state index >= 15 is 0 Å². The van der Waals surface area contributed by atoms with Crippen LogP contribution < -0.4 is 0 Å². The van der Waals surface area contributed by atoms with Gasteiger partial charge in [0.15, 0.2) is 5.82 Å². The van der Waals surface area contributed by atoms with Crippen molar-refractivity contribution in [2.75, 3.05) is 0 Å². The minimum Gasteiger partial charge on any atom is -0.242 e. The smallest absolute Gasteiger partial charge is 0.157 e. The first kappa shape index (κ1) is 6.97. The molecule has 0 saturated carbocycles. The fourth-order valence-corrected chi connectivity index (χ4v) is 0.935. The summed E-state index contributed by atoms with van der Waals surface area (Å²) in [7, 11) is 0. The molecule has 59 valence electrons. The highest BCUT2D eigenvalue weighted by Gasteiger charge is 1.97. The third-order valence-electron chi connectivity index (χ3n) is 1.46. The number of nitrogens with one attached hydrogen (secondary N) is 1. The maximum Gasteiger partial charge on any atom is 0.157 e. The average Bonchev–Trinajstić information content (AvgIpc) is 2.59. The molecule has 0 amide bonds. The monoisotopic (exact) mass is 159 g/mol. The summed E-state index contributed by atoms with van der Waals surface area (Å²) < 4.78 is 0. The lowest BCUT2D eigenvalue weighted by atomic mass is 10.1. The summed E-state index contributed by atoms with van der Waals surface area (Å²) in [5, 5.41) is 13.3. The quantitative estimate of drug-likeness (QED) is 0.705. The highest BCUT2D eigenvalue weighted by Crippen LogP contribution is 2.04. The van der Waals surface area contributed by atoms with Gasteiger partial charge in [-0.2, -0.15) is 0 Å². The van der Waals surface area contributed by atoms with E-state index in [0.29, 0.717) is 5.82 Å². The summed E-state index contributed by atoms with van der Waals surface area (Å²) in [6.07, 6.45) is 1.88. The summed E-state index contributed by atoms with van der Waals surface area (Å²) in [6.45, 7) is 0. The van der Waals surface area contributed by atoms with Gasteiger partial charge in [0.1, 0.15) is 0 Å². The van der Waals surface area contributed by atoms with Crippen LogP contribution in [0.4, 0.5) is 0 Å². The SMILES string of the molecule is [CH](c1ccccc1)c1nnn[nH]1. The first-order chi connectivity index (χ1) is 5.95. The third kappa shape index (κ3) is 1.47. The van der Waals surface area contributed by atoms with Crippen LogP contribution in [0, 0.1) is 6.42 Å². The lowest BCUT2D eigenvalue weighted by Crippen LogP contribution is -1.86. The van der Waals surface area contributed by atoms with Crippen molar-refractivity contribution in [3.8, 4) is 0 Å². The van der Waals surface area contributed by atoms with Crippen LogP contribution >= 0.6 is 0 Å². The molecule has 12 heavy (non-hydrogen) atoms. The van der Waals surface area contributed by atoms with E-state index in [4.69, 9.17) is 0 Å². The molecule has 0 unspecified atom stereocenters. The molecule has 0 aliphatic heterocycles. The summed E-state index contributed by atoms with van der Waals surface area (Å²) in [6, 6.07) is 9.88. The zero-order valence-corrected chi connectivity index (χ0v) is 6.31. The zero-order valence-electron chi connectivity index (χ0n) is 6.31. The van der Waals surface area contributed by atoms with Gasteiger partial charge >= 0.3 is 0 Å². The molecule has 0 saturated heterocycles. The van der Waals surface area contributed by atoms with Crippen LogP contribution in [0.25, 0.3) is 0 Å². The Labute approximate surface area is 69.6 Å². The standard InChI is InChI=1S/C8H7N4/c1-2-4-7(5-3-1)6-8-9-11-12-10-8/h1-6H,(H,9,10,11,12). The van der Waals surface area contributed by atoms with E-state index < -0.39 is 0 Å². The van der Waals surface area contributed by atoms with Crippen LogP contribution in [0.1, 0.15) is 11.4 Å². The first-order valence-corrected chi connectivity index (χ1v) is 3.59. The van der Waals surface area contributed by atoms with Crippen molar-refractivity contribution in [2.24, 2.45) is 0 Å². The highest BCUT2D eigenvalue weighted by molar-refractivity contribution is 5.28. The maximum absolute atomic E-state index is 3.74. The largest absolute Gasteiger partial charge is 0.242 e. The molecule has 1 radical (unpaired) electrons. The van der Waals surface area contributed by atoms with Gasteiger partial charge in [-0.3, -0.25) is 0 Å². The molecule has 0 aliphatic rings. The summed E-state index contributed by atoms with van der Waals surface area (Å²) in [5.74, 6) is 0.668. The molecule has 1 heterocycles. The Bertz CT molecular complexity index is 327. The molecule has 0 atom stereocenters. The lowest BCUT2D eigenvalue weighted by molar-refractivity contribution is 0.881. The van der Waals surface area contributed by atoms with Crippen molar-refractivity contribution in [1.29, 1.82) is 0 Å². The second-order valence-electron chi connectivity index (χ2n) is 2.34. The van der Waals surface area contributed by atoms with Gasteiger partial charge in [-0.1, -0.05) is 30.3 Å². The molecule has 0 aliphatic carbocycles. The number of aromatic amines is 1. The highest BCUT2D eigenvalue weighted by atomic mass is 15.5. The van der Waals surface area contributed by atoms with Gasteiger partial charge in [-0.25, -0.2) is 5.10 Å². The summed E-state index contributed by atoms with van der Waals surface area (Å²) >= 11 is 0. The van der Waals surface area contributed by atoms with E-state index in [1.807, 2.05) is 36.8 Å². The van der Waals surface area contributed by atoms with Gasteiger partial charge in [-0.15, -0.1) is 5.10 Å². The normalized spacial score (nSPS) is 10.0. The Morgan fingerprint density at radius 1 is 1.17 bits per heavy atom. The lowest BCUT2D eigenvalue weighted by Gasteiger charge is -1.93. The topological polar surface area (TPSA) is 54.5 Å². The van der Waals surface area contributed by atoms with Crippen molar-refractivity contribution in [2.45, 2.75) is 0 Å². The molecule has 0 bridgehead atoms. The number of H-pyrrole nitrogens is 1. The first-order valence-electron chi connectivity index (χ1n) is 3.59. The van der Waals surface area contributed by atoms with Crippen LogP contribution in [-0.4, -0.2) is 20.6 Å². The van der Waals surface area contributed by atoms with Crippen LogP contribution in [0.15, 0.2) is 30.3 Å². The zero-order chi connectivity index (χ0) is 8.23. The van der Waals surface area contributed by atoms with E-state index in [-0.39, 0.29) is 0 Å². The predicted octanol–water partition coefficient (Wildman–Crippen LogP) is 0.800. The van der Waals surface area contributed by atoms with E-state index in [0.717, 1.165) is 5.56 Å². The minimum atomic E-state index is 0.668. The Morgan fingerprint density at radius 2 is 2.00 bits per heavy atom. The van der Waals surface area contributed by atoms with Gasteiger partial charge in [0.05, 0.1) is 6.42 Å². The van der Waals surface area contributed by atoms with Gasteiger partial charge in [0, 0.05) is 0 Å². The van der Waals surface area contributed by atoms with Crippen molar-refractivity contribution >= 4 is 0 Å². The number of tetrazole rings is 1. The Kier molecular flexibility index (Phi) is 1.82. The number of aromatic nitrogens is 4. The van der Waals surface area contributed by atoms with E-state index in [1.165, 1.54) is 0 Å². The second kappa shape index (κ2) is 3.13. The summed E-state index contributed by atoms with van der Waals surface area (Å²) in [4.78, 5) is 0. The molecule has 0 spiro atoms. The number of rotatable bonds is 2. The van der Waals surface area contributed by atoms with E-state index in [2.05, 4.69) is 20.6 Å². The van der Waals surface area contributed by atoms with E-state index in [9.17, 15) is 0 Å². The average molecular weight is 159 g/mol. The predicted molar refractivity (Wildman–Crippen MR) is 43.1 cm³/mol. The molecule has 2 rings (SSSR count). The Balaban J connectivity index is 2.15. The second-order valence-corrected chi connectivity index (χ2v) is 2.34. The minimum absolute atomic E-state index is 0.668. The fourth-order valence-electron chi connectivity index (χ4n) is 0.935. The van der Waals surface area contributed by atoms with Gasteiger partial charge < -0.3 is 0 Å². The molecule has 1 aromatic heterocycles. The molecule has 1 N–H and O–H groups in total. The number of hydrogen-bond donors (Lipinski definition) is 1. The van der Waals surface area contributed by atoms with Crippen molar-refractivity contribution in [3.05, 3.63) is 48.1 Å². The van der Waals surface area contributed by atoms with Crippen molar-refractivity contribution in [1.82, 2.24) is 20.6 Å². The summed E-state index contributed by atoms with van der Waals surface area (Å²) in [5.41, 5.74) is 1.08. The fraction of sp³-hybridized carbons (Fsp3) is 0. The molecule has 1 aromatic carbocycles.